The highest BCUT2D eigenvalue weighted by atomic mass is 16.4. The number of aromatic amines is 2. The van der Waals surface area contributed by atoms with Gasteiger partial charge in [0.25, 0.3) is 0 Å². The summed E-state index contributed by atoms with van der Waals surface area (Å²) >= 11 is 0. The normalized spacial score (nSPS) is 12.8. The number of carbonyl (C=O) groups excluding carboxylic acids is 1. The van der Waals surface area contributed by atoms with Gasteiger partial charge in [-0.05, 0) is 122 Å². The molecule has 2 aliphatic rings. The lowest BCUT2D eigenvalue weighted by molar-refractivity contribution is -0.137. The van der Waals surface area contributed by atoms with E-state index < -0.39 is 17.9 Å². The number of carboxylic acid groups (broad SMARTS) is 3. The van der Waals surface area contributed by atoms with Gasteiger partial charge in [0.1, 0.15) is 0 Å². The van der Waals surface area contributed by atoms with E-state index in [9.17, 15) is 34.5 Å². The molecule has 5 rings (SSSR count). The Labute approximate surface area is 294 Å². The van der Waals surface area contributed by atoms with Gasteiger partial charge in [-0.2, -0.15) is 0 Å². The second-order valence-corrected chi connectivity index (χ2v) is 13.0. The average molecular weight is 697 g/mol. The maximum absolute atomic E-state index is 12.6. The number of nitrogens with one attached hydrogen (secondary N) is 3. The van der Waals surface area contributed by atoms with Gasteiger partial charge in [0, 0.05) is 60.8 Å². The fourth-order valence-corrected chi connectivity index (χ4v) is 6.73. The third-order valence-electron chi connectivity index (χ3n) is 9.64. The van der Waals surface area contributed by atoms with Crippen LogP contribution in [0, 0.1) is 13.8 Å². The molecule has 13 heteroatoms. The standard InChI is InChI=1S/C38H44N6O7/c1-19-23(5-9-35(45)40-14-13-39)31-15-28-20(2)24(6-10-36(46)47)33(42-28)17-30-22(4)26(8-12-38(50)51)34(44-30)18-29-21(3)25(7-11-37(48)49)32(43-29)16-27(19)41-31/h15-18,41-42H,5-14,39H2,1-4H3,(H,40,45)(H,46,47)(H,48,49)(H,50,51). The van der Waals surface area contributed by atoms with Crippen LogP contribution in [0.25, 0.3) is 44.4 Å². The molecule has 2 aliphatic heterocycles. The quantitative estimate of drug-likeness (QED) is 0.111. The molecule has 0 unspecified atom stereocenters. The molecular weight excluding hydrogens is 652 g/mol. The van der Waals surface area contributed by atoms with Crippen LogP contribution >= 0.6 is 0 Å². The fourth-order valence-electron chi connectivity index (χ4n) is 6.73. The van der Waals surface area contributed by atoms with Crippen LogP contribution < -0.4 is 11.1 Å². The number of aryl methyl sites for hydroxylation is 4. The molecule has 8 bridgehead atoms. The van der Waals surface area contributed by atoms with E-state index in [0.29, 0.717) is 47.8 Å². The summed E-state index contributed by atoms with van der Waals surface area (Å²) in [6.45, 7) is 8.40. The minimum Gasteiger partial charge on any atom is -0.481 e. The third-order valence-corrected chi connectivity index (χ3v) is 9.64. The van der Waals surface area contributed by atoms with Crippen LogP contribution in [0.2, 0.25) is 0 Å². The van der Waals surface area contributed by atoms with Gasteiger partial charge in [-0.1, -0.05) is 0 Å². The number of nitrogens with zero attached hydrogens (tertiary/aromatic N) is 2. The van der Waals surface area contributed by atoms with E-state index >= 15 is 0 Å². The largest absolute Gasteiger partial charge is 0.481 e. The zero-order valence-corrected chi connectivity index (χ0v) is 29.3. The van der Waals surface area contributed by atoms with Crippen molar-refractivity contribution in [2.24, 2.45) is 5.73 Å². The lowest BCUT2D eigenvalue weighted by Gasteiger charge is -2.04. The summed E-state index contributed by atoms with van der Waals surface area (Å²) in [5, 5.41) is 31.5. The van der Waals surface area contributed by atoms with Crippen LogP contribution in [0.4, 0.5) is 0 Å². The fraction of sp³-hybridized carbons (Fsp3) is 0.368. The van der Waals surface area contributed by atoms with E-state index in [2.05, 4.69) is 15.3 Å². The van der Waals surface area contributed by atoms with Crippen molar-refractivity contribution in [3.8, 4) is 0 Å². The molecule has 8 N–H and O–H groups in total. The van der Waals surface area contributed by atoms with Crippen LogP contribution in [-0.2, 0) is 32.0 Å². The minimum absolute atomic E-state index is 0.0760. The monoisotopic (exact) mass is 696 g/mol. The number of aliphatic carboxylic acids is 3. The molecule has 0 aliphatic carbocycles. The molecule has 5 heterocycles. The Bertz CT molecular complexity index is 2150. The van der Waals surface area contributed by atoms with Crippen LogP contribution in [0.3, 0.4) is 0 Å². The van der Waals surface area contributed by atoms with Gasteiger partial charge in [0.15, 0.2) is 0 Å². The maximum Gasteiger partial charge on any atom is 0.303 e. The molecule has 0 aromatic carbocycles. The first-order chi connectivity index (χ1) is 24.3. The van der Waals surface area contributed by atoms with Crippen LogP contribution in [-0.4, -0.2) is 72.2 Å². The van der Waals surface area contributed by atoms with Gasteiger partial charge < -0.3 is 36.3 Å². The number of amides is 1. The number of carbonyl (C=O) groups is 4. The van der Waals surface area contributed by atoms with Crippen molar-refractivity contribution in [3.63, 3.8) is 0 Å². The SMILES string of the molecule is CC1=C(CCC(=O)O)c2cc3nc(cc4[nH]c(cc5[nH]c(cc1n2)c(CCC(=O)O)c5C)c(CCC(=O)NCCN)c4C)C(CCC(=O)O)=C3C. The molecule has 0 saturated heterocycles. The van der Waals surface area contributed by atoms with Crippen LogP contribution in [0.15, 0.2) is 24.3 Å². The number of hydrogen-bond donors (Lipinski definition) is 7. The summed E-state index contributed by atoms with van der Waals surface area (Å²) in [4.78, 5) is 64.5. The highest BCUT2D eigenvalue weighted by molar-refractivity contribution is 5.96. The molecule has 0 radical (unpaired) electrons. The van der Waals surface area contributed by atoms with E-state index in [1.807, 2.05) is 52.0 Å². The second kappa shape index (κ2) is 15.5. The molecule has 0 atom stereocenters. The van der Waals surface area contributed by atoms with E-state index in [-0.39, 0.29) is 50.9 Å². The van der Waals surface area contributed by atoms with Crippen LogP contribution in [0.5, 0.6) is 0 Å². The lowest BCUT2D eigenvalue weighted by atomic mass is 9.98. The highest BCUT2D eigenvalue weighted by Gasteiger charge is 2.23. The van der Waals surface area contributed by atoms with Crippen molar-refractivity contribution < 1.29 is 34.5 Å². The number of nitrogens with two attached hydrogens (primary N) is 1. The van der Waals surface area contributed by atoms with Crippen molar-refractivity contribution in [1.82, 2.24) is 25.3 Å². The smallest absolute Gasteiger partial charge is 0.303 e. The topological polar surface area (TPSA) is 224 Å². The molecule has 0 spiro atoms. The summed E-state index contributed by atoms with van der Waals surface area (Å²) < 4.78 is 0. The average Bonchev–Trinajstić information content (AvgIpc) is 3.73. The number of carboxylic acids is 3. The van der Waals surface area contributed by atoms with Crippen molar-refractivity contribution >= 4 is 68.2 Å². The van der Waals surface area contributed by atoms with Gasteiger partial charge in [-0.25, -0.2) is 9.97 Å². The van der Waals surface area contributed by atoms with Crippen molar-refractivity contribution in [2.45, 2.75) is 79.1 Å². The molecule has 51 heavy (non-hydrogen) atoms. The highest BCUT2D eigenvalue weighted by Crippen LogP contribution is 2.38. The number of fused-ring (bicyclic) bond motifs is 8. The first-order valence-corrected chi connectivity index (χ1v) is 17.0. The minimum atomic E-state index is -0.937. The summed E-state index contributed by atoms with van der Waals surface area (Å²) in [5.41, 5.74) is 17.6. The molecule has 13 nitrogen and oxygen atoms in total. The molecule has 268 valence electrons. The Hall–Kier alpha value is -5.56. The number of H-pyrrole nitrogens is 2. The first kappa shape index (κ1) is 36.7. The molecule has 0 saturated carbocycles. The Balaban J connectivity index is 1.86. The summed E-state index contributed by atoms with van der Waals surface area (Å²) in [6.07, 6.45) is 1.17. The van der Waals surface area contributed by atoms with Gasteiger partial charge in [0.2, 0.25) is 5.91 Å². The predicted octanol–water partition coefficient (Wildman–Crippen LogP) is 5.55. The van der Waals surface area contributed by atoms with Crippen molar-refractivity contribution in [3.05, 3.63) is 69.3 Å². The van der Waals surface area contributed by atoms with Crippen molar-refractivity contribution in [1.29, 1.82) is 0 Å². The summed E-state index contributed by atoms with van der Waals surface area (Å²) in [5.74, 6) is -2.91. The second-order valence-electron chi connectivity index (χ2n) is 13.0. The predicted molar refractivity (Wildman–Crippen MR) is 196 cm³/mol. The van der Waals surface area contributed by atoms with E-state index in [4.69, 9.17) is 15.7 Å². The van der Waals surface area contributed by atoms with E-state index in [1.54, 1.807) is 0 Å². The molecule has 1 amide bonds. The molecular formula is C38H44N6O7. The first-order valence-electron chi connectivity index (χ1n) is 17.0. The van der Waals surface area contributed by atoms with Gasteiger partial charge in [0.05, 0.1) is 22.8 Å². The van der Waals surface area contributed by atoms with Gasteiger partial charge >= 0.3 is 17.9 Å². The van der Waals surface area contributed by atoms with Crippen LogP contribution in [0.1, 0.15) is 97.4 Å². The molecule has 0 fully saturated rings. The van der Waals surface area contributed by atoms with Gasteiger partial charge in [-0.15, -0.1) is 0 Å². The van der Waals surface area contributed by atoms with E-state index in [1.165, 1.54) is 0 Å². The molecule has 3 aromatic rings. The Kier molecular flexibility index (Phi) is 11.2. The van der Waals surface area contributed by atoms with Gasteiger partial charge in [-0.3, -0.25) is 19.2 Å². The van der Waals surface area contributed by atoms with Crippen molar-refractivity contribution in [2.75, 3.05) is 13.1 Å². The number of rotatable bonds is 14. The number of allylic oxidation sites excluding steroid dienone is 4. The van der Waals surface area contributed by atoms with E-state index in [0.717, 1.165) is 61.1 Å². The Morgan fingerprint density at radius 3 is 1.57 bits per heavy atom. The third kappa shape index (κ3) is 8.26. The number of hydrogen-bond acceptors (Lipinski definition) is 7. The zero-order valence-electron chi connectivity index (χ0n) is 29.3. The Morgan fingerprint density at radius 1 is 0.608 bits per heavy atom. The lowest BCUT2D eigenvalue weighted by Crippen LogP contribution is -2.29. The Morgan fingerprint density at radius 2 is 1.04 bits per heavy atom. The summed E-state index contributed by atoms with van der Waals surface area (Å²) in [7, 11) is 0. The number of aromatic nitrogens is 4. The summed E-state index contributed by atoms with van der Waals surface area (Å²) in [6, 6.07) is 7.56. The molecule has 3 aromatic heterocycles. The maximum atomic E-state index is 12.6. The zero-order chi connectivity index (χ0) is 37.0.